The van der Waals surface area contributed by atoms with Crippen molar-refractivity contribution >= 4 is 15.9 Å². The molecule has 2 nitrogen and oxygen atoms in total. The normalized spacial score (nSPS) is 10.2. The minimum atomic E-state index is -0.335. The molecule has 0 radical (unpaired) electrons. The van der Waals surface area contributed by atoms with Gasteiger partial charge in [-0.15, -0.1) is 0 Å². The molecule has 0 saturated carbocycles. The predicted molar refractivity (Wildman–Crippen MR) is 71.4 cm³/mol. The van der Waals surface area contributed by atoms with E-state index in [4.69, 9.17) is 9.47 Å². The maximum absolute atomic E-state index is 13.3. The summed E-state index contributed by atoms with van der Waals surface area (Å²) in [6.07, 6.45) is 0. The van der Waals surface area contributed by atoms with Crippen LogP contribution < -0.4 is 9.47 Å². The second kappa shape index (κ2) is 5.87. The van der Waals surface area contributed by atoms with E-state index in [-0.39, 0.29) is 5.82 Å². The molecule has 0 saturated heterocycles. The molecular weight excluding hydrogens is 299 g/mol. The maximum Gasteiger partial charge on any atom is 0.141 e. The van der Waals surface area contributed by atoms with E-state index in [1.807, 2.05) is 24.3 Å². The number of halogens is 2. The highest BCUT2D eigenvalue weighted by molar-refractivity contribution is 9.10. The second-order valence-corrected chi connectivity index (χ2v) is 4.57. The highest BCUT2D eigenvalue weighted by Gasteiger charge is 2.02. The molecule has 0 aliphatic rings. The largest absolute Gasteiger partial charge is 0.497 e. The van der Waals surface area contributed by atoms with Crippen LogP contribution in [0.4, 0.5) is 4.39 Å². The standard InChI is InChI=1S/C14H12BrFO2/c1-17-11-4-2-3-10(7-11)9-18-12-5-6-13(15)14(16)8-12/h2-8H,9H2,1H3. The van der Waals surface area contributed by atoms with Crippen molar-refractivity contribution in [3.05, 3.63) is 58.3 Å². The van der Waals surface area contributed by atoms with Crippen LogP contribution in [0.15, 0.2) is 46.9 Å². The molecule has 0 unspecified atom stereocenters. The predicted octanol–water partition coefficient (Wildman–Crippen LogP) is 4.18. The van der Waals surface area contributed by atoms with Crippen LogP contribution in [0, 0.1) is 5.82 Å². The Bertz CT molecular complexity index is 543. The average molecular weight is 311 g/mol. The lowest BCUT2D eigenvalue weighted by Gasteiger charge is -2.08. The zero-order valence-electron chi connectivity index (χ0n) is 9.82. The summed E-state index contributed by atoms with van der Waals surface area (Å²) in [4.78, 5) is 0. The van der Waals surface area contributed by atoms with Gasteiger partial charge in [0.25, 0.3) is 0 Å². The first kappa shape index (κ1) is 12.9. The van der Waals surface area contributed by atoms with Gasteiger partial charge in [-0.05, 0) is 45.8 Å². The van der Waals surface area contributed by atoms with Crippen molar-refractivity contribution < 1.29 is 13.9 Å². The molecule has 2 aromatic carbocycles. The fourth-order valence-electron chi connectivity index (χ4n) is 1.50. The summed E-state index contributed by atoms with van der Waals surface area (Å²) in [5, 5.41) is 0. The van der Waals surface area contributed by atoms with Crippen LogP contribution in [0.5, 0.6) is 11.5 Å². The van der Waals surface area contributed by atoms with Gasteiger partial charge in [-0.2, -0.15) is 0 Å². The molecular formula is C14H12BrFO2. The molecule has 0 amide bonds. The number of ether oxygens (including phenoxy) is 2. The Morgan fingerprint density at radius 3 is 2.67 bits per heavy atom. The summed E-state index contributed by atoms with van der Waals surface area (Å²) in [5.74, 6) is 0.940. The molecule has 0 N–H and O–H groups in total. The Morgan fingerprint density at radius 1 is 1.11 bits per heavy atom. The third-order valence-electron chi connectivity index (χ3n) is 2.43. The van der Waals surface area contributed by atoms with E-state index in [1.165, 1.54) is 6.07 Å². The van der Waals surface area contributed by atoms with Crippen molar-refractivity contribution in [1.82, 2.24) is 0 Å². The average Bonchev–Trinajstić information content (AvgIpc) is 2.40. The maximum atomic E-state index is 13.3. The summed E-state index contributed by atoms with van der Waals surface area (Å²) >= 11 is 3.10. The summed E-state index contributed by atoms with van der Waals surface area (Å²) in [6, 6.07) is 12.3. The molecule has 0 spiro atoms. The smallest absolute Gasteiger partial charge is 0.141 e. The van der Waals surface area contributed by atoms with E-state index in [0.717, 1.165) is 11.3 Å². The van der Waals surface area contributed by atoms with Gasteiger partial charge in [0.2, 0.25) is 0 Å². The number of benzene rings is 2. The zero-order chi connectivity index (χ0) is 13.0. The van der Waals surface area contributed by atoms with Crippen LogP contribution in [0.1, 0.15) is 5.56 Å². The van der Waals surface area contributed by atoms with Gasteiger partial charge in [0.1, 0.15) is 23.9 Å². The van der Waals surface area contributed by atoms with Gasteiger partial charge in [-0.3, -0.25) is 0 Å². The first-order chi connectivity index (χ1) is 8.69. The van der Waals surface area contributed by atoms with Gasteiger partial charge in [0, 0.05) is 6.07 Å². The van der Waals surface area contributed by atoms with E-state index in [1.54, 1.807) is 19.2 Å². The lowest BCUT2D eigenvalue weighted by atomic mass is 10.2. The van der Waals surface area contributed by atoms with Crippen molar-refractivity contribution in [3.8, 4) is 11.5 Å². The highest BCUT2D eigenvalue weighted by Crippen LogP contribution is 2.22. The van der Waals surface area contributed by atoms with Crippen molar-refractivity contribution in [2.75, 3.05) is 7.11 Å². The minimum Gasteiger partial charge on any atom is -0.497 e. The molecule has 4 heteroatoms. The molecule has 2 aromatic rings. The number of methoxy groups -OCH3 is 1. The molecule has 18 heavy (non-hydrogen) atoms. The lowest BCUT2D eigenvalue weighted by molar-refractivity contribution is 0.303. The zero-order valence-corrected chi connectivity index (χ0v) is 11.4. The topological polar surface area (TPSA) is 18.5 Å². The van der Waals surface area contributed by atoms with Gasteiger partial charge < -0.3 is 9.47 Å². The van der Waals surface area contributed by atoms with Crippen molar-refractivity contribution in [3.63, 3.8) is 0 Å². The number of rotatable bonds is 4. The Labute approximate surface area is 113 Å². The fourth-order valence-corrected chi connectivity index (χ4v) is 1.74. The van der Waals surface area contributed by atoms with E-state index >= 15 is 0 Å². The number of hydrogen-bond donors (Lipinski definition) is 0. The molecule has 94 valence electrons. The summed E-state index contributed by atoms with van der Waals surface area (Å²) in [6.45, 7) is 0.373. The van der Waals surface area contributed by atoms with E-state index in [2.05, 4.69) is 15.9 Å². The quantitative estimate of drug-likeness (QED) is 0.843. The Kier molecular flexibility index (Phi) is 4.20. The van der Waals surface area contributed by atoms with Crippen LogP contribution in [-0.2, 0) is 6.61 Å². The van der Waals surface area contributed by atoms with E-state index in [9.17, 15) is 4.39 Å². The van der Waals surface area contributed by atoms with Gasteiger partial charge in [-0.1, -0.05) is 12.1 Å². The Hall–Kier alpha value is -1.55. The Balaban J connectivity index is 2.04. The fraction of sp³-hybridized carbons (Fsp3) is 0.143. The lowest BCUT2D eigenvalue weighted by Crippen LogP contribution is -1.96. The molecule has 2 rings (SSSR count). The molecule has 0 heterocycles. The SMILES string of the molecule is COc1cccc(COc2ccc(Br)c(F)c2)c1. The summed E-state index contributed by atoms with van der Waals surface area (Å²) in [5.41, 5.74) is 0.970. The third kappa shape index (κ3) is 3.23. The van der Waals surface area contributed by atoms with E-state index < -0.39 is 0 Å². The highest BCUT2D eigenvalue weighted by atomic mass is 79.9. The second-order valence-electron chi connectivity index (χ2n) is 3.72. The first-order valence-corrected chi connectivity index (χ1v) is 6.19. The molecule has 0 fully saturated rings. The van der Waals surface area contributed by atoms with Crippen molar-refractivity contribution in [2.45, 2.75) is 6.61 Å². The van der Waals surface area contributed by atoms with Crippen LogP contribution in [-0.4, -0.2) is 7.11 Å². The van der Waals surface area contributed by atoms with Crippen molar-refractivity contribution in [1.29, 1.82) is 0 Å². The first-order valence-electron chi connectivity index (χ1n) is 5.40. The van der Waals surface area contributed by atoms with Gasteiger partial charge in [0.15, 0.2) is 0 Å². The monoisotopic (exact) mass is 310 g/mol. The van der Waals surface area contributed by atoms with Crippen LogP contribution >= 0.6 is 15.9 Å². The summed E-state index contributed by atoms with van der Waals surface area (Å²) in [7, 11) is 1.62. The van der Waals surface area contributed by atoms with Crippen LogP contribution in [0.2, 0.25) is 0 Å². The molecule has 0 aromatic heterocycles. The van der Waals surface area contributed by atoms with Gasteiger partial charge in [-0.25, -0.2) is 4.39 Å². The number of hydrogen-bond acceptors (Lipinski definition) is 2. The van der Waals surface area contributed by atoms with Gasteiger partial charge >= 0.3 is 0 Å². The molecule has 0 atom stereocenters. The van der Waals surface area contributed by atoms with Crippen LogP contribution in [0.25, 0.3) is 0 Å². The molecule has 0 aliphatic carbocycles. The summed E-state index contributed by atoms with van der Waals surface area (Å²) < 4.78 is 24.3. The van der Waals surface area contributed by atoms with Crippen molar-refractivity contribution in [2.24, 2.45) is 0 Å². The van der Waals surface area contributed by atoms with Gasteiger partial charge in [0.05, 0.1) is 11.6 Å². The minimum absolute atomic E-state index is 0.335. The molecule has 0 bridgehead atoms. The molecule has 0 aliphatic heterocycles. The Morgan fingerprint density at radius 2 is 1.94 bits per heavy atom. The third-order valence-corrected chi connectivity index (χ3v) is 3.07. The van der Waals surface area contributed by atoms with E-state index in [0.29, 0.717) is 16.8 Å². The van der Waals surface area contributed by atoms with Crippen LogP contribution in [0.3, 0.4) is 0 Å².